The molecule has 0 aliphatic rings. The van der Waals surface area contributed by atoms with Gasteiger partial charge in [-0.05, 0) is 30.3 Å². The molecule has 3 aromatic carbocycles. The minimum atomic E-state index is -0.801. The van der Waals surface area contributed by atoms with Crippen molar-refractivity contribution in [2.45, 2.75) is 6.54 Å². The second-order valence-electron chi connectivity index (χ2n) is 7.15. The van der Waals surface area contributed by atoms with Crippen LogP contribution >= 0.6 is 0 Å². The van der Waals surface area contributed by atoms with E-state index < -0.39 is 16.7 Å². The molecule has 0 bridgehead atoms. The standard InChI is InChI=1S/C23H17N5O6/c29-19-8-4-2-6-17(19)22(31)26-25-21-16-5-1-3-7-18(16)27(23(21)32)13-20(30)24-14-9-11-15(12-10-14)28(33)34/h1-12,29,32H,13H2,(H,24,30). The Morgan fingerprint density at radius 3 is 2.35 bits per heavy atom. The lowest BCUT2D eigenvalue weighted by Crippen LogP contribution is -2.18. The molecule has 34 heavy (non-hydrogen) atoms. The Morgan fingerprint density at radius 2 is 1.65 bits per heavy atom. The van der Waals surface area contributed by atoms with Crippen LogP contribution in [0.3, 0.4) is 0 Å². The topological polar surface area (TPSA) is 159 Å². The van der Waals surface area contributed by atoms with Crippen LogP contribution in [0, 0.1) is 10.1 Å². The minimum absolute atomic E-state index is 0.0116. The van der Waals surface area contributed by atoms with Gasteiger partial charge in [0, 0.05) is 23.2 Å². The van der Waals surface area contributed by atoms with Gasteiger partial charge in [0.15, 0.2) is 5.69 Å². The summed E-state index contributed by atoms with van der Waals surface area (Å²) >= 11 is 0. The molecule has 0 saturated heterocycles. The van der Waals surface area contributed by atoms with Crippen LogP contribution in [0.15, 0.2) is 83.0 Å². The van der Waals surface area contributed by atoms with Gasteiger partial charge >= 0.3 is 0 Å². The van der Waals surface area contributed by atoms with Gasteiger partial charge in [0.1, 0.15) is 12.3 Å². The molecule has 3 N–H and O–H groups in total. The third kappa shape index (κ3) is 4.43. The number of carbonyl (C=O) groups is 2. The van der Waals surface area contributed by atoms with Crippen molar-refractivity contribution in [2.24, 2.45) is 10.2 Å². The van der Waals surface area contributed by atoms with Crippen molar-refractivity contribution in [3.63, 3.8) is 0 Å². The number of phenols is 1. The number of hydrogen-bond acceptors (Lipinski definition) is 7. The summed E-state index contributed by atoms with van der Waals surface area (Å²) in [4.78, 5) is 35.1. The predicted molar refractivity (Wildman–Crippen MR) is 122 cm³/mol. The lowest BCUT2D eigenvalue weighted by atomic mass is 10.2. The number of aromatic hydroxyl groups is 2. The van der Waals surface area contributed by atoms with Crippen LogP contribution in [0.25, 0.3) is 10.9 Å². The molecule has 0 aliphatic carbocycles. The number of nitrogens with zero attached hydrogens (tertiary/aromatic N) is 4. The number of nitro benzene ring substituents is 1. The molecule has 4 aromatic rings. The molecular weight excluding hydrogens is 442 g/mol. The van der Waals surface area contributed by atoms with Gasteiger partial charge in [0.05, 0.1) is 16.0 Å². The number of amides is 2. The molecule has 1 aromatic heterocycles. The molecule has 170 valence electrons. The monoisotopic (exact) mass is 459 g/mol. The first-order chi connectivity index (χ1) is 16.3. The Kier molecular flexibility index (Phi) is 5.99. The summed E-state index contributed by atoms with van der Waals surface area (Å²) in [7, 11) is 0. The summed E-state index contributed by atoms with van der Waals surface area (Å²) in [6.07, 6.45) is 0. The average Bonchev–Trinajstić information content (AvgIpc) is 3.09. The molecule has 0 fully saturated rings. The van der Waals surface area contributed by atoms with E-state index in [1.807, 2.05) is 0 Å². The van der Waals surface area contributed by atoms with Gasteiger partial charge in [-0.1, -0.05) is 30.3 Å². The summed E-state index contributed by atoms with van der Waals surface area (Å²) in [5, 5.41) is 41.9. The van der Waals surface area contributed by atoms with Gasteiger partial charge in [-0.2, -0.15) is 0 Å². The fraction of sp³-hybridized carbons (Fsp3) is 0.0435. The summed E-state index contributed by atoms with van der Waals surface area (Å²) < 4.78 is 1.30. The van der Waals surface area contributed by atoms with Crippen LogP contribution < -0.4 is 5.32 Å². The molecule has 0 radical (unpaired) electrons. The lowest BCUT2D eigenvalue weighted by Gasteiger charge is -2.08. The van der Waals surface area contributed by atoms with Crippen molar-refractivity contribution in [3.8, 4) is 11.6 Å². The van der Waals surface area contributed by atoms with Crippen LogP contribution in [0.4, 0.5) is 17.1 Å². The molecule has 11 heteroatoms. The van der Waals surface area contributed by atoms with Crippen LogP contribution in [0.5, 0.6) is 11.6 Å². The Hall–Kier alpha value is -5.06. The zero-order valence-corrected chi connectivity index (χ0v) is 17.5. The van der Waals surface area contributed by atoms with Gasteiger partial charge in [0.25, 0.3) is 11.6 Å². The number of nitrogens with one attached hydrogen (secondary N) is 1. The van der Waals surface area contributed by atoms with Crippen LogP contribution in [0.1, 0.15) is 10.4 Å². The zero-order chi connectivity index (χ0) is 24.2. The molecule has 0 aliphatic heterocycles. The van der Waals surface area contributed by atoms with Crippen molar-refractivity contribution < 1.29 is 24.7 Å². The maximum absolute atomic E-state index is 12.6. The van der Waals surface area contributed by atoms with Crippen molar-refractivity contribution in [1.29, 1.82) is 0 Å². The SMILES string of the molecule is O=C(Cn1c(O)c(N=NC(=O)c2ccccc2O)c2ccccc21)Nc1ccc([N+](=O)[O-])cc1. The highest BCUT2D eigenvalue weighted by Crippen LogP contribution is 2.39. The molecule has 0 atom stereocenters. The maximum Gasteiger partial charge on any atom is 0.299 e. The van der Waals surface area contributed by atoms with Crippen molar-refractivity contribution in [1.82, 2.24) is 4.57 Å². The fourth-order valence-electron chi connectivity index (χ4n) is 3.34. The number of non-ortho nitro benzene ring substituents is 1. The summed E-state index contributed by atoms with van der Waals surface area (Å²) in [5.41, 5.74) is 0.655. The first kappa shape index (κ1) is 22.1. The van der Waals surface area contributed by atoms with Crippen molar-refractivity contribution in [3.05, 3.63) is 88.5 Å². The number of anilines is 1. The smallest absolute Gasteiger partial charge is 0.299 e. The van der Waals surface area contributed by atoms with E-state index in [9.17, 15) is 29.9 Å². The number of para-hydroxylation sites is 2. The molecule has 1 heterocycles. The Labute approximate surface area is 191 Å². The number of nitro groups is 1. The Balaban J connectivity index is 1.60. The van der Waals surface area contributed by atoms with E-state index in [0.29, 0.717) is 16.6 Å². The zero-order valence-electron chi connectivity index (χ0n) is 17.5. The number of hydrogen-bond donors (Lipinski definition) is 3. The molecule has 2 amide bonds. The van der Waals surface area contributed by atoms with Gasteiger partial charge in [0.2, 0.25) is 11.8 Å². The number of benzene rings is 3. The fourth-order valence-corrected chi connectivity index (χ4v) is 3.34. The Morgan fingerprint density at radius 1 is 0.971 bits per heavy atom. The number of aromatic nitrogens is 1. The normalized spacial score (nSPS) is 11.1. The highest BCUT2D eigenvalue weighted by molar-refractivity contribution is 5.99. The van der Waals surface area contributed by atoms with Gasteiger partial charge in [-0.25, -0.2) is 0 Å². The quantitative estimate of drug-likeness (QED) is 0.218. The number of azo groups is 1. The third-order valence-electron chi connectivity index (χ3n) is 4.96. The number of carbonyl (C=O) groups excluding carboxylic acids is 2. The summed E-state index contributed by atoms with van der Waals surface area (Å²) in [5.74, 6) is -1.93. The van der Waals surface area contributed by atoms with E-state index in [2.05, 4.69) is 15.5 Å². The molecular formula is C23H17N5O6. The maximum atomic E-state index is 12.6. The van der Waals surface area contributed by atoms with Gasteiger partial charge < -0.3 is 20.1 Å². The van der Waals surface area contributed by atoms with E-state index in [-0.39, 0.29) is 35.1 Å². The predicted octanol–water partition coefficient (Wildman–Crippen LogP) is 4.52. The lowest BCUT2D eigenvalue weighted by molar-refractivity contribution is -0.384. The number of phenolic OH excluding ortho intramolecular Hbond substituents is 1. The van der Waals surface area contributed by atoms with E-state index in [0.717, 1.165) is 0 Å². The van der Waals surface area contributed by atoms with E-state index in [4.69, 9.17) is 0 Å². The molecule has 4 rings (SSSR count). The average molecular weight is 459 g/mol. The van der Waals surface area contributed by atoms with E-state index >= 15 is 0 Å². The second-order valence-corrected chi connectivity index (χ2v) is 7.15. The largest absolute Gasteiger partial charge is 0.507 e. The summed E-state index contributed by atoms with van der Waals surface area (Å²) in [6.45, 7) is -0.299. The Bertz CT molecular complexity index is 1440. The first-order valence-corrected chi connectivity index (χ1v) is 9.93. The second kappa shape index (κ2) is 9.20. The van der Waals surface area contributed by atoms with Gasteiger partial charge in [-0.15, -0.1) is 10.2 Å². The number of rotatable bonds is 6. The van der Waals surface area contributed by atoms with Crippen LogP contribution in [0.2, 0.25) is 0 Å². The van der Waals surface area contributed by atoms with Crippen LogP contribution in [-0.2, 0) is 11.3 Å². The van der Waals surface area contributed by atoms with E-state index in [1.165, 1.54) is 41.0 Å². The minimum Gasteiger partial charge on any atom is -0.507 e. The van der Waals surface area contributed by atoms with Crippen LogP contribution in [-0.4, -0.2) is 31.5 Å². The highest BCUT2D eigenvalue weighted by atomic mass is 16.6. The first-order valence-electron chi connectivity index (χ1n) is 9.93. The van der Waals surface area contributed by atoms with Crippen molar-refractivity contribution >= 4 is 39.8 Å². The third-order valence-corrected chi connectivity index (χ3v) is 4.96. The highest BCUT2D eigenvalue weighted by Gasteiger charge is 2.19. The van der Waals surface area contributed by atoms with E-state index in [1.54, 1.807) is 36.4 Å². The van der Waals surface area contributed by atoms with Gasteiger partial charge in [-0.3, -0.25) is 19.7 Å². The van der Waals surface area contributed by atoms with Crippen molar-refractivity contribution in [2.75, 3.05) is 5.32 Å². The summed E-state index contributed by atoms with van der Waals surface area (Å²) in [6, 6.07) is 17.9. The molecule has 0 spiro atoms. The number of fused-ring (bicyclic) bond motifs is 1. The molecule has 0 saturated carbocycles. The molecule has 0 unspecified atom stereocenters. The molecule has 11 nitrogen and oxygen atoms in total.